The first kappa shape index (κ1) is 11.8. The van der Waals surface area contributed by atoms with Gasteiger partial charge in [-0.15, -0.1) is 0 Å². The van der Waals surface area contributed by atoms with Crippen LogP contribution in [0.15, 0.2) is 0 Å². The molecule has 0 amide bonds. The van der Waals surface area contributed by atoms with E-state index < -0.39 is 5.85 Å². The third-order valence-electron chi connectivity index (χ3n) is 1.13. The Hall–Kier alpha value is 0.770. The summed E-state index contributed by atoms with van der Waals surface area (Å²) in [6, 6.07) is 0. The Kier molecular flexibility index (Phi) is 6.75. The van der Waals surface area contributed by atoms with Gasteiger partial charge in [0.1, 0.15) is 6.35 Å². The lowest BCUT2D eigenvalue weighted by molar-refractivity contribution is 0.173. The highest BCUT2D eigenvalue weighted by Crippen LogP contribution is 2.56. The van der Waals surface area contributed by atoms with E-state index in [0.717, 1.165) is 19.3 Å². The van der Waals surface area contributed by atoms with Crippen molar-refractivity contribution in [1.29, 1.82) is 0 Å². The van der Waals surface area contributed by atoms with E-state index in [4.69, 9.17) is 27.2 Å². The molecular weight excluding hydrogens is 206 g/mol. The Labute approximate surface area is 77.2 Å². The SMILES string of the molecule is CCCCCOCP(=O)(Cl)Cl. The summed E-state index contributed by atoms with van der Waals surface area (Å²) < 4.78 is 15.6. The van der Waals surface area contributed by atoms with Crippen LogP contribution in [0.25, 0.3) is 0 Å². The Morgan fingerprint density at radius 2 is 2.00 bits per heavy atom. The van der Waals surface area contributed by atoms with Crippen LogP contribution < -0.4 is 0 Å². The maximum atomic E-state index is 10.7. The fourth-order valence-corrected chi connectivity index (χ4v) is 1.38. The highest BCUT2D eigenvalue weighted by molar-refractivity contribution is 8.08. The second kappa shape index (κ2) is 6.30. The first-order chi connectivity index (χ1) is 5.06. The highest BCUT2D eigenvalue weighted by atomic mass is 35.9. The standard InChI is InChI=1S/C6H13Cl2O2P/c1-2-3-4-5-10-6-11(7,8)9/h2-6H2,1H3. The molecule has 0 aromatic heterocycles. The molecule has 0 heterocycles. The van der Waals surface area contributed by atoms with Gasteiger partial charge in [-0.2, -0.15) is 0 Å². The van der Waals surface area contributed by atoms with E-state index in [1.54, 1.807) is 0 Å². The van der Waals surface area contributed by atoms with E-state index in [2.05, 4.69) is 6.92 Å². The molecule has 5 heteroatoms. The van der Waals surface area contributed by atoms with Crippen LogP contribution >= 0.6 is 28.3 Å². The van der Waals surface area contributed by atoms with Gasteiger partial charge in [0.2, 0.25) is 0 Å². The molecule has 0 fully saturated rings. The van der Waals surface area contributed by atoms with Gasteiger partial charge >= 0.3 is 0 Å². The van der Waals surface area contributed by atoms with E-state index in [1.165, 1.54) is 0 Å². The van der Waals surface area contributed by atoms with Crippen molar-refractivity contribution in [1.82, 2.24) is 0 Å². The van der Waals surface area contributed by atoms with Gasteiger partial charge in [0, 0.05) is 6.61 Å². The molecule has 0 aromatic carbocycles. The lowest BCUT2D eigenvalue weighted by Gasteiger charge is -2.03. The Balaban J connectivity index is 3.09. The average Bonchev–Trinajstić information content (AvgIpc) is 1.85. The molecule has 0 N–H and O–H groups in total. The minimum Gasteiger partial charge on any atom is -0.371 e. The van der Waals surface area contributed by atoms with E-state index in [1.807, 2.05) is 0 Å². The molecular formula is C6H13Cl2O2P. The summed E-state index contributed by atoms with van der Waals surface area (Å²) >= 11 is 10.5. The van der Waals surface area contributed by atoms with Crippen molar-refractivity contribution in [2.45, 2.75) is 26.2 Å². The molecule has 0 spiro atoms. The number of halogens is 2. The Morgan fingerprint density at radius 3 is 2.45 bits per heavy atom. The number of hydrogen-bond acceptors (Lipinski definition) is 2. The van der Waals surface area contributed by atoms with Crippen molar-refractivity contribution in [3.05, 3.63) is 0 Å². The molecule has 68 valence electrons. The molecule has 0 atom stereocenters. The zero-order valence-electron chi connectivity index (χ0n) is 6.56. The van der Waals surface area contributed by atoms with Gasteiger partial charge in [0.15, 0.2) is 0 Å². The summed E-state index contributed by atoms with van der Waals surface area (Å²) in [5.41, 5.74) is 0. The van der Waals surface area contributed by atoms with Crippen LogP contribution in [0.3, 0.4) is 0 Å². The molecule has 0 rings (SSSR count). The molecule has 0 aromatic rings. The minimum atomic E-state index is -2.99. The van der Waals surface area contributed by atoms with Crippen LogP contribution in [0.4, 0.5) is 0 Å². The maximum absolute atomic E-state index is 10.7. The number of hydrogen-bond donors (Lipinski definition) is 0. The second-order valence-electron chi connectivity index (χ2n) is 2.31. The molecule has 0 saturated carbocycles. The summed E-state index contributed by atoms with van der Waals surface area (Å²) in [4.78, 5) is 0. The number of unbranched alkanes of at least 4 members (excludes halogenated alkanes) is 2. The number of rotatable bonds is 6. The predicted molar refractivity (Wildman–Crippen MR) is 49.7 cm³/mol. The van der Waals surface area contributed by atoms with Gasteiger partial charge in [-0.05, 0) is 28.9 Å². The minimum absolute atomic E-state index is 0.0280. The van der Waals surface area contributed by atoms with Gasteiger partial charge in [-0.1, -0.05) is 19.8 Å². The molecule has 11 heavy (non-hydrogen) atoms. The van der Waals surface area contributed by atoms with Crippen molar-refractivity contribution < 1.29 is 9.30 Å². The molecule has 0 unspecified atom stereocenters. The fraction of sp³-hybridized carbons (Fsp3) is 1.00. The highest BCUT2D eigenvalue weighted by Gasteiger charge is 2.12. The average molecular weight is 219 g/mol. The fourth-order valence-electron chi connectivity index (χ4n) is 0.625. The lowest BCUT2D eigenvalue weighted by Crippen LogP contribution is -1.93. The van der Waals surface area contributed by atoms with Gasteiger partial charge in [-0.25, -0.2) is 0 Å². The molecule has 2 nitrogen and oxygen atoms in total. The Bertz CT molecular complexity index is 135. The van der Waals surface area contributed by atoms with E-state index in [9.17, 15) is 4.57 Å². The molecule has 0 aliphatic heterocycles. The quantitative estimate of drug-likeness (QED) is 0.501. The van der Waals surface area contributed by atoms with Crippen LogP contribution in [0.1, 0.15) is 26.2 Å². The monoisotopic (exact) mass is 218 g/mol. The predicted octanol–water partition coefficient (Wildman–Crippen LogP) is 3.82. The normalized spacial score (nSPS) is 11.9. The third kappa shape index (κ3) is 10.8. The van der Waals surface area contributed by atoms with Gasteiger partial charge in [0.25, 0.3) is 5.85 Å². The van der Waals surface area contributed by atoms with Crippen molar-refractivity contribution in [2.24, 2.45) is 0 Å². The maximum Gasteiger partial charge on any atom is 0.277 e. The van der Waals surface area contributed by atoms with E-state index >= 15 is 0 Å². The summed E-state index contributed by atoms with van der Waals surface area (Å²) in [5.74, 6) is -2.99. The first-order valence-electron chi connectivity index (χ1n) is 3.62. The van der Waals surface area contributed by atoms with Gasteiger partial charge < -0.3 is 4.74 Å². The topological polar surface area (TPSA) is 26.3 Å². The van der Waals surface area contributed by atoms with Crippen molar-refractivity contribution >= 4 is 28.3 Å². The molecule has 0 aliphatic rings. The van der Waals surface area contributed by atoms with Gasteiger partial charge in [0.05, 0.1) is 0 Å². The molecule has 0 radical (unpaired) electrons. The second-order valence-corrected chi connectivity index (χ2v) is 7.51. The summed E-state index contributed by atoms with van der Waals surface area (Å²) in [6.07, 6.45) is 3.21. The van der Waals surface area contributed by atoms with Crippen molar-refractivity contribution in [2.75, 3.05) is 13.0 Å². The molecule has 0 aliphatic carbocycles. The van der Waals surface area contributed by atoms with Gasteiger partial charge in [-0.3, -0.25) is 4.57 Å². The van der Waals surface area contributed by atoms with Crippen LogP contribution in [0.2, 0.25) is 0 Å². The zero-order valence-corrected chi connectivity index (χ0v) is 8.96. The Morgan fingerprint density at radius 1 is 1.36 bits per heavy atom. The summed E-state index contributed by atoms with van der Waals surface area (Å²) in [5, 5.41) is 0. The van der Waals surface area contributed by atoms with Crippen LogP contribution in [0, 0.1) is 0 Å². The van der Waals surface area contributed by atoms with Crippen molar-refractivity contribution in [3.63, 3.8) is 0 Å². The third-order valence-corrected chi connectivity index (χ3v) is 2.20. The lowest BCUT2D eigenvalue weighted by atomic mass is 10.3. The first-order valence-corrected chi connectivity index (χ1v) is 7.32. The van der Waals surface area contributed by atoms with Crippen LogP contribution in [0.5, 0.6) is 0 Å². The van der Waals surface area contributed by atoms with E-state index in [-0.39, 0.29) is 6.35 Å². The number of ether oxygens (including phenoxy) is 1. The summed E-state index contributed by atoms with van der Waals surface area (Å²) in [7, 11) is 0. The van der Waals surface area contributed by atoms with Crippen LogP contribution in [-0.2, 0) is 9.30 Å². The summed E-state index contributed by atoms with van der Waals surface area (Å²) in [6.45, 7) is 2.70. The smallest absolute Gasteiger partial charge is 0.277 e. The zero-order chi connectivity index (χ0) is 8.74. The van der Waals surface area contributed by atoms with E-state index in [0.29, 0.717) is 6.61 Å². The largest absolute Gasteiger partial charge is 0.371 e. The van der Waals surface area contributed by atoms with Crippen LogP contribution in [-0.4, -0.2) is 13.0 Å². The molecule has 0 bridgehead atoms. The van der Waals surface area contributed by atoms with Crippen molar-refractivity contribution in [3.8, 4) is 0 Å². The molecule has 0 saturated heterocycles.